The normalized spacial score (nSPS) is 11.0. The van der Waals surface area contributed by atoms with Crippen molar-refractivity contribution in [3.8, 4) is 17.1 Å². The summed E-state index contributed by atoms with van der Waals surface area (Å²) in [6.07, 6.45) is 1.95. The molecule has 0 unspecified atom stereocenters. The topological polar surface area (TPSA) is 37.9 Å². The van der Waals surface area contributed by atoms with Crippen molar-refractivity contribution in [3.63, 3.8) is 0 Å². The zero-order valence-electron chi connectivity index (χ0n) is 11.9. The van der Waals surface area contributed by atoms with E-state index in [4.69, 9.17) is 4.74 Å². The van der Waals surface area contributed by atoms with E-state index in [9.17, 15) is 4.39 Å². The summed E-state index contributed by atoms with van der Waals surface area (Å²) in [7, 11) is 0. The average Bonchev–Trinajstić information content (AvgIpc) is 2.93. The Hall–Kier alpha value is -2.36. The summed E-state index contributed by atoms with van der Waals surface area (Å²) in [4.78, 5) is 7.66. The van der Waals surface area contributed by atoms with Crippen molar-refractivity contribution in [3.05, 3.63) is 48.3 Å². The van der Waals surface area contributed by atoms with Crippen molar-refractivity contribution in [2.24, 2.45) is 0 Å². The second kappa shape index (κ2) is 5.95. The highest BCUT2D eigenvalue weighted by Gasteiger charge is 2.09. The van der Waals surface area contributed by atoms with Crippen LogP contribution in [-0.2, 0) is 0 Å². The molecular weight excluding hydrogens is 267 g/mol. The number of imidazole rings is 1. The first kappa shape index (κ1) is 13.6. The number of nitrogens with one attached hydrogen (secondary N) is 1. The van der Waals surface area contributed by atoms with Crippen molar-refractivity contribution < 1.29 is 9.13 Å². The average molecular weight is 284 g/mol. The molecule has 1 heterocycles. The van der Waals surface area contributed by atoms with Crippen LogP contribution in [0.25, 0.3) is 22.4 Å². The van der Waals surface area contributed by atoms with E-state index in [1.54, 1.807) is 6.07 Å². The van der Waals surface area contributed by atoms with Crippen LogP contribution in [0.15, 0.2) is 42.5 Å². The highest BCUT2D eigenvalue weighted by Crippen LogP contribution is 2.25. The van der Waals surface area contributed by atoms with E-state index in [1.165, 1.54) is 6.07 Å². The van der Waals surface area contributed by atoms with Gasteiger partial charge in [-0.05, 0) is 36.8 Å². The molecule has 3 nitrogen and oxygen atoms in total. The molecule has 0 atom stereocenters. The van der Waals surface area contributed by atoms with Gasteiger partial charge < -0.3 is 9.72 Å². The lowest BCUT2D eigenvalue weighted by atomic mass is 10.2. The molecule has 0 saturated heterocycles. The van der Waals surface area contributed by atoms with Crippen molar-refractivity contribution >= 4 is 11.0 Å². The van der Waals surface area contributed by atoms with Crippen LogP contribution in [-0.4, -0.2) is 16.6 Å². The Morgan fingerprint density at radius 1 is 1.19 bits per heavy atom. The van der Waals surface area contributed by atoms with Gasteiger partial charge >= 0.3 is 0 Å². The van der Waals surface area contributed by atoms with Gasteiger partial charge in [0, 0.05) is 5.56 Å². The van der Waals surface area contributed by atoms with E-state index in [2.05, 4.69) is 16.9 Å². The number of fused-ring (bicyclic) bond motifs is 1. The van der Waals surface area contributed by atoms with Crippen LogP contribution >= 0.6 is 0 Å². The molecule has 4 heteroatoms. The Kier molecular flexibility index (Phi) is 3.86. The summed E-state index contributed by atoms with van der Waals surface area (Å²) in [6.45, 7) is 2.61. The maximum atomic E-state index is 14.1. The molecule has 0 amide bonds. The van der Waals surface area contributed by atoms with Gasteiger partial charge in [-0.2, -0.15) is 0 Å². The molecule has 2 aromatic carbocycles. The van der Waals surface area contributed by atoms with Crippen LogP contribution in [0, 0.1) is 5.82 Å². The molecule has 0 fully saturated rings. The summed E-state index contributed by atoms with van der Waals surface area (Å²) < 4.78 is 19.5. The van der Waals surface area contributed by atoms with Crippen LogP contribution in [0.3, 0.4) is 0 Å². The third kappa shape index (κ3) is 2.89. The smallest absolute Gasteiger partial charge is 0.165 e. The highest BCUT2D eigenvalue weighted by atomic mass is 19.1. The molecule has 1 N–H and O–H groups in total. The van der Waals surface area contributed by atoms with Crippen LogP contribution in [0.2, 0.25) is 0 Å². The van der Waals surface area contributed by atoms with Gasteiger partial charge in [-0.15, -0.1) is 0 Å². The second-order valence-corrected chi connectivity index (χ2v) is 4.95. The third-order valence-corrected chi connectivity index (χ3v) is 3.35. The summed E-state index contributed by atoms with van der Waals surface area (Å²) >= 11 is 0. The zero-order chi connectivity index (χ0) is 14.7. The zero-order valence-corrected chi connectivity index (χ0v) is 11.9. The van der Waals surface area contributed by atoms with Gasteiger partial charge in [0.05, 0.1) is 17.6 Å². The SMILES string of the molecule is CCCCOc1ccc(-c2nc3ccccc3[nH]2)cc1F. The largest absolute Gasteiger partial charge is 0.491 e. The van der Waals surface area contributed by atoms with E-state index in [0.717, 1.165) is 23.9 Å². The quantitative estimate of drug-likeness (QED) is 0.698. The van der Waals surface area contributed by atoms with Gasteiger partial charge in [-0.25, -0.2) is 9.37 Å². The van der Waals surface area contributed by atoms with E-state index < -0.39 is 0 Å². The number of halogens is 1. The second-order valence-electron chi connectivity index (χ2n) is 4.95. The summed E-state index contributed by atoms with van der Waals surface area (Å²) in [5.41, 5.74) is 2.53. The molecule has 3 rings (SSSR count). The molecule has 3 aromatic rings. The first-order chi connectivity index (χ1) is 10.3. The Morgan fingerprint density at radius 2 is 2.05 bits per heavy atom. The Balaban J connectivity index is 1.87. The van der Waals surface area contributed by atoms with Gasteiger partial charge in [0.25, 0.3) is 0 Å². The number of benzene rings is 2. The van der Waals surface area contributed by atoms with Crippen molar-refractivity contribution in [1.29, 1.82) is 0 Å². The lowest BCUT2D eigenvalue weighted by Gasteiger charge is -2.07. The van der Waals surface area contributed by atoms with Crippen LogP contribution < -0.4 is 4.74 Å². The molecule has 108 valence electrons. The highest BCUT2D eigenvalue weighted by molar-refractivity contribution is 5.79. The number of ether oxygens (including phenoxy) is 1. The Labute approximate surface area is 122 Å². The predicted molar refractivity (Wildman–Crippen MR) is 81.9 cm³/mol. The fraction of sp³-hybridized carbons (Fsp3) is 0.235. The van der Waals surface area contributed by atoms with Gasteiger partial charge in [-0.3, -0.25) is 0 Å². The fourth-order valence-corrected chi connectivity index (χ4v) is 2.18. The first-order valence-corrected chi connectivity index (χ1v) is 7.15. The molecule has 0 saturated carbocycles. The molecule has 0 aliphatic carbocycles. The fourth-order valence-electron chi connectivity index (χ4n) is 2.18. The first-order valence-electron chi connectivity index (χ1n) is 7.15. The minimum Gasteiger partial charge on any atom is -0.491 e. The molecule has 21 heavy (non-hydrogen) atoms. The van der Waals surface area contributed by atoms with Crippen LogP contribution in [0.1, 0.15) is 19.8 Å². The number of rotatable bonds is 5. The number of H-pyrrole nitrogens is 1. The molecule has 0 aliphatic heterocycles. The van der Waals surface area contributed by atoms with Crippen molar-refractivity contribution in [1.82, 2.24) is 9.97 Å². The molecule has 1 aromatic heterocycles. The number of hydrogen-bond acceptors (Lipinski definition) is 2. The monoisotopic (exact) mass is 284 g/mol. The molecule has 0 spiro atoms. The molecule has 0 bridgehead atoms. The molecular formula is C17H17FN2O. The number of nitrogens with zero attached hydrogens (tertiary/aromatic N) is 1. The lowest BCUT2D eigenvalue weighted by molar-refractivity contribution is 0.294. The minimum atomic E-state index is -0.357. The van der Waals surface area contributed by atoms with Gasteiger partial charge in [0.15, 0.2) is 11.6 Å². The van der Waals surface area contributed by atoms with E-state index in [0.29, 0.717) is 23.7 Å². The standard InChI is InChI=1S/C17H17FN2O/c1-2-3-10-21-16-9-8-12(11-13(16)18)17-19-14-6-4-5-7-15(14)20-17/h4-9,11H,2-3,10H2,1H3,(H,19,20). The van der Waals surface area contributed by atoms with Gasteiger partial charge in [0.2, 0.25) is 0 Å². The van der Waals surface area contributed by atoms with Crippen LogP contribution in [0.5, 0.6) is 5.75 Å². The van der Waals surface area contributed by atoms with E-state index in [1.807, 2.05) is 30.3 Å². The Bertz CT molecular complexity index is 718. The van der Waals surface area contributed by atoms with Gasteiger partial charge in [-0.1, -0.05) is 25.5 Å². The summed E-state index contributed by atoms with van der Waals surface area (Å²) in [5.74, 6) is 0.600. The molecule has 0 radical (unpaired) electrons. The van der Waals surface area contributed by atoms with Crippen molar-refractivity contribution in [2.75, 3.05) is 6.61 Å². The number of unbranched alkanes of at least 4 members (excludes halogenated alkanes) is 1. The van der Waals surface area contributed by atoms with Crippen LogP contribution in [0.4, 0.5) is 4.39 Å². The number of aromatic amines is 1. The molecule has 0 aliphatic rings. The lowest BCUT2D eigenvalue weighted by Crippen LogP contribution is -1.98. The number of aromatic nitrogens is 2. The van der Waals surface area contributed by atoms with Crippen molar-refractivity contribution in [2.45, 2.75) is 19.8 Å². The van der Waals surface area contributed by atoms with E-state index >= 15 is 0 Å². The summed E-state index contributed by atoms with van der Waals surface area (Å²) in [5, 5.41) is 0. The minimum absolute atomic E-state index is 0.295. The van der Waals surface area contributed by atoms with E-state index in [-0.39, 0.29) is 5.82 Å². The van der Waals surface area contributed by atoms with Gasteiger partial charge in [0.1, 0.15) is 5.82 Å². The maximum absolute atomic E-state index is 14.1. The summed E-state index contributed by atoms with van der Waals surface area (Å²) in [6, 6.07) is 12.7. The predicted octanol–water partition coefficient (Wildman–Crippen LogP) is 4.55. The third-order valence-electron chi connectivity index (χ3n) is 3.35. The maximum Gasteiger partial charge on any atom is 0.165 e. The number of para-hydroxylation sites is 2. The Morgan fingerprint density at radius 3 is 2.81 bits per heavy atom. The number of hydrogen-bond donors (Lipinski definition) is 1.